The largest absolute Gasteiger partial charge is 0.497 e. The van der Waals surface area contributed by atoms with Crippen LogP contribution in [0.2, 0.25) is 0 Å². The quantitative estimate of drug-likeness (QED) is 0.891. The van der Waals surface area contributed by atoms with Gasteiger partial charge in [-0.15, -0.1) is 12.4 Å². The molecule has 2 N–H and O–H groups in total. The highest BCUT2D eigenvalue weighted by Gasteiger charge is 2.24. The third kappa shape index (κ3) is 4.47. The van der Waals surface area contributed by atoms with Gasteiger partial charge in [-0.3, -0.25) is 4.90 Å². The van der Waals surface area contributed by atoms with Gasteiger partial charge < -0.3 is 15.0 Å². The molecule has 1 aromatic heterocycles. The summed E-state index contributed by atoms with van der Waals surface area (Å²) in [5, 5.41) is 4.04. The first-order valence-electron chi connectivity index (χ1n) is 8.19. The molecule has 2 heterocycles. The SMILES string of the molecule is COc1ccc(C2CCCCCN2Cc2noc(CN)n2)cc1.Cl. The molecule has 132 valence electrons. The van der Waals surface area contributed by atoms with Gasteiger partial charge in [0.05, 0.1) is 20.2 Å². The fourth-order valence-electron chi connectivity index (χ4n) is 3.18. The number of benzene rings is 1. The van der Waals surface area contributed by atoms with Crippen LogP contribution in [0.25, 0.3) is 0 Å². The summed E-state index contributed by atoms with van der Waals surface area (Å²) in [6.07, 6.45) is 4.86. The lowest BCUT2D eigenvalue weighted by Crippen LogP contribution is -2.28. The molecule has 0 aliphatic carbocycles. The number of aromatic nitrogens is 2. The molecule has 7 heteroatoms. The number of nitrogens with zero attached hydrogens (tertiary/aromatic N) is 3. The van der Waals surface area contributed by atoms with Crippen LogP contribution in [-0.4, -0.2) is 28.7 Å². The van der Waals surface area contributed by atoms with Gasteiger partial charge >= 0.3 is 0 Å². The van der Waals surface area contributed by atoms with Crippen LogP contribution in [0, 0.1) is 0 Å². The summed E-state index contributed by atoms with van der Waals surface area (Å²) < 4.78 is 10.4. The molecular weight excluding hydrogens is 328 g/mol. The maximum absolute atomic E-state index is 5.55. The molecule has 1 aromatic carbocycles. The van der Waals surface area contributed by atoms with Crippen molar-refractivity contribution in [3.63, 3.8) is 0 Å². The van der Waals surface area contributed by atoms with Crippen molar-refractivity contribution < 1.29 is 9.26 Å². The lowest BCUT2D eigenvalue weighted by molar-refractivity contribution is 0.185. The molecule has 0 saturated carbocycles. The monoisotopic (exact) mass is 352 g/mol. The molecule has 3 rings (SSSR count). The first-order valence-corrected chi connectivity index (χ1v) is 8.19. The summed E-state index contributed by atoms with van der Waals surface area (Å²) in [5.41, 5.74) is 6.86. The number of rotatable bonds is 5. The Morgan fingerprint density at radius 2 is 2.04 bits per heavy atom. The van der Waals surface area contributed by atoms with Crippen LogP contribution in [0.1, 0.15) is 49.0 Å². The summed E-state index contributed by atoms with van der Waals surface area (Å²) in [5.74, 6) is 2.10. The van der Waals surface area contributed by atoms with E-state index in [4.69, 9.17) is 15.0 Å². The Labute approximate surface area is 148 Å². The van der Waals surface area contributed by atoms with E-state index in [0.717, 1.165) is 18.7 Å². The van der Waals surface area contributed by atoms with E-state index in [1.54, 1.807) is 7.11 Å². The molecule has 0 amide bonds. The Balaban J connectivity index is 0.00000208. The molecule has 1 saturated heterocycles. The molecule has 1 atom stereocenters. The third-order valence-corrected chi connectivity index (χ3v) is 4.39. The molecule has 0 bridgehead atoms. The van der Waals surface area contributed by atoms with E-state index in [2.05, 4.69) is 27.2 Å². The number of hydrogen-bond donors (Lipinski definition) is 1. The minimum Gasteiger partial charge on any atom is -0.497 e. The van der Waals surface area contributed by atoms with Crippen molar-refractivity contribution in [3.05, 3.63) is 41.5 Å². The molecule has 24 heavy (non-hydrogen) atoms. The fraction of sp³-hybridized carbons (Fsp3) is 0.529. The van der Waals surface area contributed by atoms with Crippen LogP contribution in [-0.2, 0) is 13.1 Å². The number of methoxy groups -OCH3 is 1. The fourth-order valence-corrected chi connectivity index (χ4v) is 3.18. The highest BCUT2D eigenvalue weighted by Crippen LogP contribution is 2.31. The zero-order valence-electron chi connectivity index (χ0n) is 14.0. The van der Waals surface area contributed by atoms with Crippen LogP contribution in [0.5, 0.6) is 5.75 Å². The molecule has 6 nitrogen and oxygen atoms in total. The standard InChI is InChI=1S/C17H24N4O2.ClH/c1-22-14-8-6-13(7-9-14)15-5-3-2-4-10-21(15)12-16-19-17(11-18)23-20-16;/h6-9,15H,2-5,10-12,18H2,1H3;1H. The van der Waals surface area contributed by atoms with E-state index < -0.39 is 0 Å². The average Bonchev–Trinajstić information content (AvgIpc) is 2.92. The van der Waals surface area contributed by atoms with E-state index >= 15 is 0 Å². The molecule has 1 aliphatic rings. The molecular formula is C17H25ClN4O2. The molecule has 0 spiro atoms. The number of nitrogens with two attached hydrogens (primary N) is 1. The lowest BCUT2D eigenvalue weighted by atomic mass is 10.0. The number of halogens is 1. The Hall–Kier alpha value is -1.63. The number of likely N-dealkylation sites (tertiary alicyclic amines) is 1. The van der Waals surface area contributed by atoms with Gasteiger partial charge in [-0.05, 0) is 37.1 Å². The summed E-state index contributed by atoms with van der Waals surface area (Å²) in [4.78, 5) is 6.79. The van der Waals surface area contributed by atoms with E-state index in [-0.39, 0.29) is 19.0 Å². The normalized spacial score (nSPS) is 18.7. The molecule has 1 unspecified atom stereocenters. The maximum Gasteiger partial charge on any atom is 0.240 e. The van der Waals surface area contributed by atoms with Gasteiger partial charge in [-0.25, -0.2) is 0 Å². The zero-order chi connectivity index (χ0) is 16.1. The van der Waals surface area contributed by atoms with Crippen molar-refractivity contribution in [1.29, 1.82) is 0 Å². The molecule has 1 aliphatic heterocycles. The second-order valence-corrected chi connectivity index (χ2v) is 5.92. The van der Waals surface area contributed by atoms with Crippen LogP contribution >= 0.6 is 12.4 Å². The first kappa shape index (κ1) is 18.7. The average molecular weight is 353 g/mol. The summed E-state index contributed by atoms with van der Waals surface area (Å²) in [6, 6.07) is 8.74. The smallest absolute Gasteiger partial charge is 0.240 e. The topological polar surface area (TPSA) is 77.4 Å². The van der Waals surface area contributed by atoms with Crippen molar-refractivity contribution in [3.8, 4) is 5.75 Å². The molecule has 0 radical (unpaired) electrons. The summed E-state index contributed by atoms with van der Waals surface area (Å²) in [6.45, 7) is 2.03. The van der Waals surface area contributed by atoms with Gasteiger partial charge in [-0.1, -0.05) is 30.1 Å². The van der Waals surface area contributed by atoms with Crippen LogP contribution in [0.4, 0.5) is 0 Å². The Bertz CT molecular complexity index is 617. The van der Waals surface area contributed by atoms with Gasteiger partial charge in [-0.2, -0.15) is 4.98 Å². The van der Waals surface area contributed by atoms with Crippen LogP contribution in [0.15, 0.2) is 28.8 Å². The van der Waals surface area contributed by atoms with E-state index in [1.165, 1.54) is 24.8 Å². The van der Waals surface area contributed by atoms with E-state index in [1.807, 2.05) is 12.1 Å². The Kier molecular flexibility index (Phi) is 7.02. The third-order valence-electron chi connectivity index (χ3n) is 4.39. The van der Waals surface area contributed by atoms with Gasteiger partial charge in [0.25, 0.3) is 0 Å². The van der Waals surface area contributed by atoms with Gasteiger partial charge in [0.2, 0.25) is 5.89 Å². The molecule has 1 fully saturated rings. The maximum atomic E-state index is 5.55. The number of ether oxygens (including phenoxy) is 1. The predicted molar refractivity (Wildman–Crippen MR) is 94.1 cm³/mol. The highest BCUT2D eigenvalue weighted by molar-refractivity contribution is 5.85. The molecule has 2 aromatic rings. The Morgan fingerprint density at radius 1 is 1.25 bits per heavy atom. The van der Waals surface area contributed by atoms with E-state index in [0.29, 0.717) is 24.3 Å². The summed E-state index contributed by atoms with van der Waals surface area (Å²) in [7, 11) is 1.69. The highest BCUT2D eigenvalue weighted by atomic mass is 35.5. The first-order chi connectivity index (χ1) is 11.3. The predicted octanol–water partition coefficient (Wildman–Crippen LogP) is 3.08. The zero-order valence-corrected chi connectivity index (χ0v) is 14.8. The van der Waals surface area contributed by atoms with E-state index in [9.17, 15) is 0 Å². The minimum absolute atomic E-state index is 0. The second kappa shape index (κ2) is 9.01. The van der Waals surface area contributed by atoms with Gasteiger partial charge in [0.15, 0.2) is 5.82 Å². The second-order valence-electron chi connectivity index (χ2n) is 5.92. The van der Waals surface area contributed by atoms with Crippen LogP contribution < -0.4 is 10.5 Å². The Morgan fingerprint density at radius 3 is 2.71 bits per heavy atom. The van der Waals surface area contributed by atoms with Crippen molar-refractivity contribution in [2.24, 2.45) is 5.73 Å². The van der Waals surface area contributed by atoms with Gasteiger partial charge in [0.1, 0.15) is 5.75 Å². The van der Waals surface area contributed by atoms with Gasteiger partial charge in [0, 0.05) is 6.04 Å². The van der Waals surface area contributed by atoms with Crippen molar-refractivity contribution in [2.75, 3.05) is 13.7 Å². The van der Waals surface area contributed by atoms with Crippen molar-refractivity contribution in [1.82, 2.24) is 15.0 Å². The summed E-state index contributed by atoms with van der Waals surface area (Å²) >= 11 is 0. The minimum atomic E-state index is 0. The van der Waals surface area contributed by atoms with Crippen molar-refractivity contribution in [2.45, 2.75) is 44.8 Å². The lowest BCUT2D eigenvalue weighted by Gasteiger charge is -2.29. The van der Waals surface area contributed by atoms with Crippen LogP contribution in [0.3, 0.4) is 0 Å². The van der Waals surface area contributed by atoms with Crippen molar-refractivity contribution >= 4 is 12.4 Å². The number of hydrogen-bond acceptors (Lipinski definition) is 6.